The molecular weight excluding hydrogens is 358 g/mol. The number of halogens is 1. The molecule has 0 aromatic heterocycles. The molecule has 4 nitrogen and oxygen atoms in total. The van der Waals surface area contributed by atoms with Crippen molar-refractivity contribution in [1.29, 1.82) is 0 Å². The Morgan fingerprint density at radius 2 is 1.78 bits per heavy atom. The van der Waals surface area contributed by atoms with Crippen molar-refractivity contribution in [1.82, 2.24) is 0 Å². The Hall–Kier alpha value is -2.01. The van der Waals surface area contributed by atoms with Gasteiger partial charge in [-0.25, -0.2) is 0 Å². The number of carbonyl (C=O) groups excluding carboxylic acids is 1. The molecule has 3 rings (SSSR count). The molecule has 0 unspecified atom stereocenters. The maximum atomic E-state index is 13.1. The summed E-state index contributed by atoms with van der Waals surface area (Å²) in [4.78, 5) is 14.9. The number of benzene rings is 2. The molecule has 2 aromatic carbocycles. The summed E-state index contributed by atoms with van der Waals surface area (Å²) in [7, 11) is 3.14. The van der Waals surface area contributed by atoms with Gasteiger partial charge in [0.15, 0.2) is 0 Å². The largest absolute Gasteiger partial charge is 0.495 e. The molecule has 2 aromatic rings. The minimum Gasteiger partial charge on any atom is -0.495 e. The number of nitrogens with zero attached hydrogens (tertiary/aromatic N) is 1. The van der Waals surface area contributed by atoms with E-state index >= 15 is 0 Å². The number of hydrogen-bond donors (Lipinski definition) is 0. The van der Waals surface area contributed by atoms with Gasteiger partial charge in [0.1, 0.15) is 16.0 Å². The van der Waals surface area contributed by atoms with Crippen LogP contribution in [0.3, 0.4) is 0 Å². The van der Waals surface area contributed by atoms with Gasteiger partial charge < -0.3 is 14.4 Å². The molecule has 5 heteroatoms. The number of para-hydroxylation sites is 1. The lowest BCUT2D eigenvalue weighted by molar-refractivity contribution is 0.0980. The standard InChI is InChI=1S/C18H18BrNO3/c1-11-8-12-6-4-5-7-14(12)20(11)18(21)13-9-15(22-2)17(19)16(10-13)23-3/h4-7,9-11H,8H2,1-3H3/t11-/m1/s1. The molecule has 120 valence electrons. The van der Waals surface area contributed by atoms with E-state index in [2.05, 4.69) is 28.9 Å². The fraction of sp³-hybridized carbons (Fsp3) is 0.278. The molecule has 1 aliphatic heterocycles. The third-order valence-corrected chi connectivity index (χ3v) is 4.90. The summed E-state index contributed by atoms with van der Waals surface area (Å²) in [5.41, 5.74) is 2.72. The molecule has 0 N–H and O–H groups in total. The zero-order valence-electron chi connectivity index (χ0n) is 13.3. The molecule has 1 amide bonds. The Morgan fingerprint density at radius 1 is 1.17 bits per heavy atom. The molecule has 0 fully saturated rings. The summed E-state index contributed by atoms with van der Waals surface area (Å²) in [6.07, 6.45) is 0.868. The van der Waals surface area contributed by atoms with E-state index in [-0.39, 0.29) is 11.9 Å². The van der Waals surface area contributed by atoms with Gasteiger partial charge in [0.05, 0.1) is 14.2 Å². The molecular formula is C18H18BrNO3. The molecule has 0 aliphatic carbocycles. The zero-order valence-corrected chi connectivity index (χ0v) is 14.9. The van der Waals surface area contributed by atoms with E-state index in [9.17, 15) is 4.79 Å². The van der Waals surface area contributed by atoms with Crippen LogP contribution in [-0.2, 0) is 6.42 Å². The lowest BCUT2D eigenvalue weighted by atomic mass is 10.1. The number of carbonyl (C=O) groups is 1. The van der Waals surface area contributed by atoms with Crippen molar-refractivity contribution < 1.29 is 14.3 Å². The Bertz CT molecular complexity index is 735. The van der Waals surface area contributed by atoms with E-state index in [1.54, 1.807) is 26.4 Å². The van der Waals surface area contributed by atoms with Crippen molar-refractivity contribution in [3.63, 3.8) is 0 Å². The highest BCUT2D eigenvalue weighted by Crippen LogP contribution is 2.38. The lowest BCUT2D eigenvalue weighted by Gasteiger charge is -2.23. The van der Waals surface area contributed by atoms with Crippen LogP contribution in [0.1, 0.15) is 22.8 Å². The fourth-order valence-corrected chi connectivity index (χ4v) is 3.56. The second-order valence-corrected chi connectivity index (χ2v) is 6.34. The smallest absolute Gasteiger partial charge is 0.258 e. The van der Waals surface area contributed by atoms with E-state index in [4.69, 9.17) is 9.47 Å². The summed E-state index contributed by atoms with van der Waals surface area (Å²) in [6, 6.07) is 11.6. The number of anilines is 1. The number of ether oxygens (including phenoxy) is 2. The highest BCUT2D eigenvalue weighted by Gasteiger charge is 2.32. The summed E-state index contributed by atoms with van der Waals surface area (Å²) in [5, 5.41) is 0. The van der Waals surface area contributed by atoms with Gasteiger partial charge in [-0.1, -0.05) is 18.2 Å². The molecule has 23 heavy (non-hydrogen) atoms. The molecule has 0 saturated carbocycles. The van der Waals surface area contributed by atoms with Gasteiger partial charge in [-0.2, -0.15) is 0 Å². The Kier molecular flexibility index (Phi) is 4.31. The van der Waals surface area contributed by atoms with Crippen LogP contribution in [0.2, 0.25) is 0 Å². The average molecular weight is 376 g/mol. The van der Waals surface area contributed by atoms with Crippen LogP contribution < -0.4 is 14.4 Å². The summed E-state index contributed by atoms with van der Waals surface area (Å²) in [6.45, 7) is 2.06. The Morgan fingerprint density at radius 3 is 2.39 bits per heavy atom. The summed E-state index contributed by atoms with van der Waals surface area (Å²) in [5.74, 6) is 1.10. The van der Waals surface area contributed by atoms with Crippen molar-refractivity contribution >= 4 is 27.5 Å². The third-order valence-electron chi connectivity index (χ3n) is 4.12. The number of rotatable bonds is 3. The monoisotopic (exact) mass is 375 g/mol. The van der Waals surface area contributed by atoms with Crippen LogP contribution in [0.5, 0.6) is 11.5 Å². The quantitative estimate of drug-likeness (QED) is 0.811. The SMILES string of the molecule is COc1cc(C(=O)N2c3ccccc3C[C@H]2C)cc(OC)c1Br. The maximum Gasteiger partial charge on any atom is 0.258 e. The number of amides is 1. The zero-order chi connectivity index (χ0) is 16.6. The van der Waals surface area contributed by atoms with Crippen LogP contribution in [0, 0.1) is 0 Å². The predicted octanol–water partition coefficient (Wildman–Crippen LogP) is 4.06. The Labute approximate surface area is 144 Å². The van der Waals surface area contributed by atoms with E-state index in [0.29, 0.717) is 21.5 Å². The normalized spacial score (nSPS) is 16.2. The highest BCUT2D eigenvalue weighted by molar-refractivity contribution is 9.10. The minimum atomic E-state index is -0.0495. The molecule has 0 spiro atoms. The molecule has 0 saturated heterocycles. The average Bonchev–Trinajstić information content (AvgIpc) is 2.90. The first kappa shape index (κ1) is 15.9. The van der Waals surface area contributed by atoms with E-state index in [1.165, 1.54) is 5.56 Å². The molecule has 1 heterocycles. The molecule has 0 radical (unpaired) electrons. The van der Waals surface area contributed by atoms with Crippen LogP contribution in [0.25, 0.3) is 0 Å². The molecule has 1 aliphatic rings. The van der Waals surface area contributed by atoms with Crippen LogP contribution in [0.4, 0.5) is 5.69 Å². The lowest BCUT2D eigenvalue weighted by Crippen LogP contribution is -2.35. The van der Waals surface area contributed by atoms with Crippen molar-refractivity contribution in [2.45, 2.75) is 19.4 Å². The predicted molar refractivity (Wildman–Crippen MR) is 93.7 cm³/mol. The topological polar surface area (TPSA) is 38.8 Å². The van der Waals surface area contributed by atoms with Crippen molar-refractivity contribution in [2.24, 2.45) is 0 Å². The second-order valence-electron chi connectivity index (χ2n) is 5.55. The van der Waals surface area contributed by atoms with Crippen molar-refractivity contribution in [3.8, 4) is 11.5 Å². The van der Waals surface area contributed by atoms with Gasteiger partial charge in [0.2, 0.25) is 0 Å². The molecule has 0 bridgehead atoms. The summed E-state index contributed by atoms with van der Waals surface area (Å²) >= 11 is 3.43. The maximum absolute atomic E-state index is 13.1. The first-order valence-electron chi connectivity index (χ1n) is 7.39. The summed E-state index contributed by atoms with van der Waals surface area (Å²) < 4.78 is 11.4. The number of methoxy groups -OCH3 is 2. The first-order valence-corrected chi connectivity index (χ1v) is 8.19. The van der Waals surface area contributed by atoms with Gasteiger partial charge in [0.25, 0.3) is 5.91 Å². The van der Waals surface area contributed by atoms with Gasteiger partial charge in [-0.15, -0.1) is 0 Å². The minimum absolute atomic E-state index is 0.0495. The molecule has 1 atom stereocenters. The van der Waals surface area contributed by atoms with Gasteiger partial charge in [0, 0.05) is 17.3 Å². The second kappa shape index (κ2) is 6.24. The van der Waals surface area contributed by atoms with Gasteiger partial charge in [-0.05, 0) is 53.0 Å². The van der Waals surface area contributed by atoms with Gasteiger partial charge in [-0.3, -0.25) is 4.79 Å². The first-order chi connectivity index (χ1) is 11.1. The van der Waals surface area contributed by atoms with Crippen LogP contribution in [-0.4, -0.2) is 26.2 Å². The number of hydrogen-bond acceptors (Lipinski definition) is 3. The third kappa shape index (κ3) is 2.70. The highest BCUT2D eigenvalue weighted by atomic mass is 79.9. The van der Waals surface area contributed by atoms with E-state index < -0.39 is 0 Å². The number of fused-ring (bicyclic) bond motifs is 1. The van der Waals surface area contributed by atoms with Crippen molar-refractivity contribution in [2.75, 3.05) is 19.1 Å². The van der Waals surface area contributed by atoms with E-state index in [0.717, 1.165) is 12.1 Å². The van der Waals surface area contributed by atoms with E-state index in [1.807, 2.05) is 23.1 Å². The fourth-order valence-electron chi connectivity index (χ4n) is 3.01. The Balaban J connectivity index is 2.04. The van der Waals surface area contributed by atoms with Crippen LogP contribution in [0.15, 0.2) is 40.9 Å². The van der Waals surface area contributed by atoms with Crippen molar-refractivity contribution in [3.05, 3.63) is 52.0 Å². The van der Waals surface area contributed by atoms with Gasteiger partial charge >= 0.3 is 0 Å². The van der Waals surface area contributed by atoms with Crippen LogP contribution >= 0.6 is 15.9 Å².